The molecule has 36 heavy (non-hydrogen) atoms. The van der Waals surface area contributed by atoms with E-state index in [0.29, 0.717) is 23.4 Å². The molecule has 1 aromatic carbocycles. The first kappa shape index (κ1) is 23.8. The molecule has 6 N–H and O–H groups in total. The van der Waals surface area contributed by atoms with E-state index in [1.807, 2.05) is 25.1 Å². The Kier molecular flexibility index (Phi) is 5.34. The van der Waals surface area contributed by atoms with Gasteiger partial charge in [-0.3, -0.25) is 14.4 Å². The van der Waals surface area contributed by atoms with Crippen LogP contribution in [0, 0.1) is 11.8 Å². The first-order chi connectivity index (χ1) is 16.9. The van der Waals surface area contributed by atoms with Crippen LogP contribution in [0.3, 0.4) is 0 Å². The van der Waals surface area contributed by atoms with Crippen LogP contribution in [-0.2, 0) is 27.3 Å². The molecule has 3 aliphatic rings. The van der Waals surface area contributed by atoms with Crippen LogP contribution in [0.5, 0.6) is 5.75 Å². The van der Waals surface area contributed by atoms with Crippen molar-refractivity contribution in [3.8, 4) is 17.1 Å². The fourth-order valence-corrected chi connectivity index (χ4v) is 5.77. The summed E-state index contributed by atoms with van der Waals surface area (Å²) in [6.45, 7) is 0.575. The largest absolute Gasteiger partial charge is 0.508 e. The molecule has 0 bridgehead atoms. The van der Waals surface area contributed by atoms with Crippen LogP contribution in [0.25, 0.3) is 17.1 Å². The number of carbonyl (C=O) groups excluding carboxylic acids is 3. The first-order valence-corrected chi connectivity index (χ1v) is 11.5. The summed E-state index contributed by atoms with van der Waals surface area (Å²) in [5.74, 6) is -5.28. The number of aliphatic hydroxyl groups is 3. The smallest absolute Gasteiger partial charge is 0.255 e. The molecular weight excluding hydrogens is 468 g/mol. The van der Waals surface area contributed by atoms with Crippen LogP contribution in [-0.4, -0.2) is 62.5 Å². The molecule has 188 valence electrons. The number of aromatic hydroxyl groups is 1. The summed E-state index contributed by atoms with van der Waals surface area (Å²) in [4.78, 5) is 39.7. The Balaban J connectivity index is 1.65. The monoisotopic (exact) mass is 494 g/mol. The summed E-state index contributed by atoms with van der Waals surface area (Å²) in [7, 11) is 3.82. The lowest BCUT2D eigenvalue weighted by atomic mass is 9.59. The molecule has 0 aliphatic heterocycles. The van der Waals surface area contributed by atoms with E-state index in [9.17, 15) is 34.8 Å². The number of rotatable bonds is 4. The van der Waals surface area contributed by atoms with E-state index >= 15 is 0 Å². The highest BCUT2D eigenvalue weighted by atomic mass is 16.4. The highest BCUT2D eigenvalue weighted by molar-refractivity contribution is 6.22. The molecule has 1 saturated carbocycles. The Hall–Kier alpha value is -3.89. The lowest BCUT2D eigenvalue weighted by Gasteiger charge is -2.46. The van der Waals surface area contributed by atoms with Crippen molar-refractivity contribution >= 4 is 23.2 Å². The molecule has 3 atom stereocenters. The van der Waals surface area contributed by atoms with E-state index in [1.54, 1.807) is 12.1 Å². The summed E-state index contributed by atoms with van der Waals surface area (Å²) in [5, 5.41) is 43.8. The summed E-state index contributed by atoms with van der Waals surface area (Å²) >= 11 is 0. The molecule has 0 spiro atoms. The predicted molar refractivity (Wildman–Crippen MR) is 126 cm³/mol. The standard InChI is InChI=1S/C26H26N2O8/c1-28(2)10-13-3-6-18(36-13)14-4-5-16(29)20-15(14)8-11-7-12-9-17(30)21(25(27)34)24(33)26(12,35)23(32)19(11)22(20)31/h3-6,11-12,29,31,33,35H,7-10H2,1-2H3,(H2,27,34). The fourth-order valence-electron chi connectivity index (χ4n) is 5.77. The second-order valence-corrected chi connectivity index (χ2v) is 9.90. The van der Waals surface area contributed by atoms with Crippen molar-refractivity contribution < 1.29 is 39.2 Å². The van der Waals surface area contributed by atoms with E-state index in [4.69, 9.17) is 10.2 Å². The lowest BCUT2D eigenvalue weighted by molar-refractivity contribution is -0.147. The summed E-state index contributed by atoms with van der Waals surface area (Å²) in [6, 6.07) is 6.68. The maximum Gasteiger partial charge on any atom is 0.255 e. The Bertz CT molecular complexity index is 1400. The van der Waals surface area contributed by atoms with E-state index in [0.717, 1.165) is 5.76 Å². The molecule has 3 unspecified atom stereocenters. The number of fused-ring (bicyclic) bond motifs is 3. The number of phenolic OH excluding ortho intramolecular Hbond substituents is 1. The number of Topliss-reactive ketones (excluding diaryl/α,β-unsaturated/α-hetero) is 2. The number of hydrogen-bond donors (Lipinski definition) is 5. The number of phenols is 1. The van der Waals surface area contributed by atoms with Crippen LogP contribution in [0.4, 0.5) is 0 Å². The highest BCUT2D eigenvalue weighted by Gasteiger charge is 2.60. The molecule has 0 saturated heterocycles. The summed E-state index contributed by atoms with van der Waals surface area (Å²) < 4.78 is 5.99. The second kappa shape index (κ2) is 8.07. The topological polar surface area (TPSA) is 175 Å². The molecule has 0 radical (unpaired) electrons. The molecule has 10 heteroatoms. The van der Waals surface area contributed by atoms with Crippen molar-refractivity contribution in [2.24, 2.45) is 17.6 Å². The highest BCUT2D eigenvalue weighted by Crippen LogP contribution is 2.53. The number of hydrogen-bond acceptors (Lipinski definition) is 9. The fraction of sp³-hybridized carbons (Fsp3) is 0.346. The second-order valence-electron chi connectivity index (χ2n) is 9.90. The van der Waals surface area contributed by atoms with Gasteiger partial charge in [0.25, 0.3) is 5.91 Å². The molecule has 5 rings (SSSR count). The Morgan fingerprint density at radius 1 is 1.14 bits per heavy atom. The van der Waals surface area contributed by atoms with Gasteiger partial charge in [0.1, 0.15) is 34.4 Å². The van der Waals surface area contributed by atoms with Crippen LogP contribution in [0.15, 0.2) is 45.6 Å². The van der Waals surface area contributed by atoms with Crippen LogP contribution in [0.2, 0.25) is 0 Å². The van der Waals surface area contributed by atoms with Gasteiger partial charge in [0.15, 0.2) is 11.4 Å². The average molecular weight is 495 g/mol. The number of primary amides is 1. The Morgan fingerprint density at radius 3 is 2.53 bits per heavy atom. The molecular formula is C26H26N2O8. The maximum atomic E-state index is 13.6. The molecule has 1 amide bonds. The van der Waals surface area contributed by atoms with E-state index in [1.165, 1.54) is 6.07 Å². The van der Waals surface area contributed by atoms with Gasteiger partial charge in [0.2, 0.25) is 5.78 Å². The first-order valence-electron chi connectivity index (χ1n) is 11.5. The van der Waals surface area contributed by atoms with Gasteiger partial charge in [0.05, 0.1) is 12.1 Å². The van der Waals surface area contributed by atoms with Gasteiger partial charge in [-0.1, -0.05) is 0 Å². The van der Waals surface area contributed by atoms with Crippen molar-refractivity contribution in [3.05, 3.63) is 58.1 Å². The van der Waals surface area contributed by atoms with E-state index in [-0.39, 0.29) is 36.1 Å². The molecule has 1 fully saturated rings. The van der Waals surface area contributed by atoms with Gasteiger partial charge in [0, 0.05) is 23.5 Å². The Labute approximate surface area is 205 Å². The van der Waals surface area contributed by atoms with Gasteiger partial charge in [-0.2, -0.15) is 0 Å². The molecule has 10 nitrogen and oxygen atoms in total. The predicted octanol–water partition coefficient (Wildman–Crippen LogP) is 1.75. The SMILES string of the molecule is CN(C)Cc1ccc(-c2ccc(O)c3c2CC2CC4CC(=O)C(C(N)=O)=C(O)C4(O)C(=O)C2=C3O)o1. The number of furan rings is 1. The number of nitrogens with two attached hydrogens (primary N) is 1. The van der Waals surface area contributed by atoms with Crippen LogP contribution in [0.1, 0.15) is 29.7 Å². The zero-order valence-electron chi connectivity index (χ0n) is 19.7. The number of ketones is 2. The number of nitrogens with zero attached hydrogens (tertiary/aromatic N) is 1. The third-order valence-corrected chi connectivity index (χ3v) is 7.35. The zero-order valence-corrected chi connectivity index (χ0v) is 19.7. The van der Waals surface area contributed by atoms with E-state index in [2.05, 4.69) is 0 Å². The lowest BCUT2D eigenvalue weighted by Crippen LogP contribution is -2.58. The Morgan fingerprint density at radius 2 is 1.86 bits per heavy atom. The maximum absolute atomic E-state index is 13.6. The summed E-state index contributed by atoms with van der Waals surface area (Å²) in [5.41, 5.74) is 2.87. The van der Waals surface area contributed by atoms with E-state index < -0.39 is 52.0 Å². The van der Waals surface area contributed by atoms with Crippen molar-refractivity contribution in [2.45, 2.75) is 31.4 Å². The van der Waals surface area contributed by atoms with Crippen molar-refractivity contribution in [1.29, 1.82) is 0 Å². The van der Waals surface area contributed by atoms with Gasteiger partial charge in [-0.25, -0.2) is 0 Å². The minimum atomic E-state index is -2.58. The van der Waals surface area contributed by atoms with Gasteiger partial charge < -0.3 is 35.5 Å². The zero-order chi connectivity index (χ0) is 26.1. The summed E-state index contributed by atoms with van der Waals surface area (Å²) in [6.07, 6.45) is -0.0785. The number of aliphatic hydroxyl groups excluding tert-OH is 2. The van der Waals surface area contributed by atoms with Crippen molar-refractivity contribution in [1.82, 2.24) is 4.90 Å². The van der Waals surface area contributed by atoms with Gasteiger partial charge in [-0.05, 0) is 62.7 Å². The van der Waals surface area contributed by atoms with Gasteiger partial charge >= 0.3 is 0 Å². The number of benzene rings is 1. The third kappa shape index (κ3) is 3.29. The quantitative estimate of drug-likeness (QED) is 0.397. The number of amides is 1. The minimum Gasteiger partial charge on any atom is -0.508 e. The molecule has 1 aromatic heterocycles. The van der Waals surface area contributed by atoms with Crippen LogP contribution >= 0.6 is 0 Å². The molecule has 2 aromatic rings. The average Bonchev–Trinajstić information content (AvgIpc) is 3.23. The number of carbonyl (C=O) groups is 3. The molecule has 1 heterocycles. The normalized spacial score (nSPS) is 25.7. The van der Waals surface area contributed by atoms with Crippen molar-refractivity contribution in [2.75, 3.05) is 14.1 Å². The van der Waals surface area contributed by atoms with Crippen LogP contribution < -0.4 is 5.73 Å². The minimum absolute atomic E-state index is 0.0326. The third-order valence-electron chi connectivity index (χ3n) is 7.35. The molecule has 3 aliphatic carbocycles. The van der Waals surface area contributed by atoms with Gasteiger partial charge in [-0.15, -0.1) is 0 Å². The van der Waals surface area contributed by atoms with Crippen molar-refractivity contribution in [3.63, 3.8) is 0 Å².